The molecular formula is C23H25N5O. The Morgan fingerprint density at radius 2 is 1.97 bits per heavy atom. The summed E-state index contributed by atoms with van der Waals surface area (Å²) >= 11 is 0. The maximum absolute atomic E-state index is 12.9. The molecule has 1 fully saturated rings. The van der Waals surface area contributed by atoms with Gasteiger partial charge in [0.2, 0.25) is 5.91 Å². The van der Waals surface area contributed by atoms with Crippen LogP contribution in [0.2, 0.25) is 0 Å². The first kappa shape index (κ1) is 17.8. The van der Waals surface area contributed by atoms with Crippen molar-refractivity contribution in [3.8, 4) is 5.69 Å². The second kappa shape index (κ2) is 7.28. The number of benzene rings is 2. The number of rotatable bonds is 5. The number of anilines is 3. The van der Waals surface area contributed by atoms with Gasteiger partial charge in [-0.05, 0) is 55.5 Å². The number of carbonyl (C=O) groups excluding carboxylic acids is 1. The van der Waals surface area contributed by atoms with Gasteiger partial charge in [-0.1, -0.05) is 24.3 Å². The Kier molecular flexibility index (Phi) is 4.46. The van der Waals surface area contributed by atoms with Crippen molar-refractivity contribution in [3.05, 3.63) is 65.9 Å². The summed E-state index contributed by atoms with van der Waals surface area (Å²) < 4.78 is 1.84. The molecule has 0 bridgehead atoms. The summed E-state index contributed by atoms with van der Waals surface area (Å²) in [7, 11) is 0. The molecule has 1 aliphatic carbocycles. The van der Waals surface area contributed by atoms with Crippen molar-refractivity contribution < 1.29 is 4.79 Å². The maximum atomic E-state index is 12.9. The van der Waals surface area contributed by atoms with Crippen LogP contribution in [-0.2, 0) is 11.2 Å². The average Bonchev–Trinajstić information content (AvgIpc) is 3.50. The Hall–Kier alpha value is -3.28. The van der Waals surface area contributed by atoms with Crippen LogP contribution in [0.3, 0.4) is 0 Å². The summed E-state index contributed by atoms with van der Waals surface area (Å²) in [6, 6.07) is 17.9. The predicted octanol–water partition coefficient (Wildman–Crippen LogP) is 3.72. The van der Waals surface area contributed by atoms with Crippen molar-refractivity contribution in [2.24, 2.45) is 0 Å². The van der Waals surface area contributed by atoms with Crippen molar-refractivity contribution in [1.82, 2.24) is 9.78 Å². The maximum Gasteiger partial charge on any atom is 0.245 e. The Morgan fingerprint density at radius 1 is 1.14 bits per heavy atom. The molecule has 2 heterocycles. The molecule has 3 aromatic rings. The number of carbonyl (C=O) groups is 1. The van der Waals surface area contributed by atoms with E-state index in [1.807, 2.05) is 53.2 Å². The van der Waals surface area contributed by atoms with Gasteiger partial charge in [0.25, 0.3) is 0 Å². The van der Waals surface area contributed by atoms with Crippen LogP contribution in [0, 0.1) is 0 Å². The summed E-state index contributed by atoms with van der Waals surface area (Å²) in [6.45, 7) is 1.16. The molecule has 1 amide bonds. The lowest BCUT2D eigenvalue weighted by Gasteiger charge is -2.31. The highest BCUT2D eigenvalue weighted by Gasteiger charge is 2.28. The van der Waals surface area contributed by atoms with Crippen molar-refractivity contribution >= 4 is 23.1 Å². The van der Waals surface area contributed by atoms with Crippen LogP contribution in [0.5, 0.6) is 0 Å². The molecule has 0 radical (unpaired) electrons. The zero-order valence-electron chi connectivity index (χ0n) is 16.3. The van der Waals surface area contributed by atoms with Crippen molar-refractivity contribution in [2.75, 3.05) is 29.0 Å². The number of aromatic nitrogens is 2. The van der Waals surface area contributed by atoms with E-state index >= 15 is 0 Å². The molecule has 1 saturated carbocycles. The van der Waals surface area contributed by atoms with Crippen LogP contribution in [-0.4, -0.2) is 28.8 Å². The summed E-state index contributed by atoms with van der Waals surface area (Å²) in [4.78, 5) is 15.0. The van der Waals surface area contributed by atoms with E-state index in [4.69, 9.17) is 10.8 Å². The van der Waals surface area contributed by atoms with E-state index in [1.165, 1.54) is 12.8 Å². The minimum Gasteiger partial charge on any atom is -0.398 e. The predicted molar refractivity (Wildman–Crippen MR) is 116 cm³/mol. The molecule has 0 unspecified atom stereocenters. The van der Waals surface area contributed by atoms with E-state index in [0.717, 1.165) is 53.5 Å². The van der Waals surface area contributed by atoms with Crippen molar-refractivity contribution in [2.45, 2.75) is 31.6 Å². The zero-order chi connectivity index (χ0) is 19.8. The number of nitrogens with two attached hydrogens (primary N) is 1. The Morgan fingerprint density at radius 3 is 2.76 bits per heavy atom. The molecule has 5 rings (SSSR count). The fourth-order valence-corrected chi connectivity index (χ4v) is 4.08. The second-order valence-corrected chi connectivity index (χ2v) is 7.89. The lowest BCUT2D eigenvalue weighted by molar-refractivity contribution is -0.115. The molecular weight excluding hydrogens is 362 g/mol. The molecule has 148 valence electrons. The van der Waals surface area contributed by atoms with E-state index in [9.17, 15) is 4.79 Å². The molecule has 3 N–H and O–H groups in total. The van der Waals surface area contributed by atoms with Gasteiger partial charge in [0.05, 0.1) is 17.9 Å². The largest absolute Gasteiger partial charge is 0.398 e. The van der Waals surface area contributed by atoms with Gasteiger partial charge < -0.3 is 16.0 Å². The highest BCUT2D eigenvalue weighted by Crippen LogP contribution is 2.40. The highest BCUT2D eigenvalue weighted by molar-refractivity contribution is 5.94. The second-order valence-electron chi connectivity index (χ2n) is 7.89. The number of fused-ring (bicyclic) bond motifs is 1. The van der Waals surface area contributed by atoms with Gasteiger partial charge >= 0.3 is 0 Å². The first-order chi connectivity index (χ1) is 14.2. The van der Waals surface area contributed by atoms with Crippen LogP contribution < -0.4 is 16.0 Å². The van der Waals surface area contributed by atoms with E-state index in [1.54, 1.807) is 0 Å². The molecule has 29 heavy (non-hydrogen) atoms. The number of amides is 1. The van der Waals surface area contributed by atoms with Crippen molar-refractivity contribution in [1.29, 1.82) is 0 Å². The number of nitrogens with one attached hydrogen (secondary N) is 1. The molecule has 1 aromatic heterocycles. The fraction of sp³-hybridized carbons (Fsp3) is 0.304. The smallest absolute Gasteiger partial charge is 0.245 e. The summed E-state index contributed by atoms with van der Waals surface area (Å²) in [6.07, 6.45) is 4.31. The Labute approximate surface area is 170 Å². The minimum absolute atomic E-state index is 0.0419. The zero-order valence-corrected chi connectivity index (χ0v) is 16.3. The summed E-state index contributed by atoms with van der Waals surface area (Å²) in [5, 5.41) is 7.86. The van der Waals surface area contributed by atoms with Crippen molar-refractivity contribution in [3.63, 3.8) is 0 Å². The average molecular weight is 387 g/mol. The molecule has 0 saturated heterocycles. The Balaban J connectivity index is 1.37. The molecule has 6 nitrogen and oxygen atoms in total. The molecule has 0 spiro atoms. The molecule has 6 heteroatoms. The number of nitrogens with zero attached hydrogens (tertiary/aromatic N) is 3. The lowest BCUT2D eigenvalue weighted by Crippen LogP contribution is -2.37. The van der Waals surface area contributed by atoms with Crippen LogP contribution in [0.25, 0.3) is 5.69 Å². The summed E-state index contributed by atoms with van der Waals surface area (Å²) in [5.74, 6) is 1.21. The van der Waals surface area contributed by atoms with Gasteiger partial charge in [-0.3, -0.25) is 4.79 Å². The molecule has 2 aliphatic rings. The normalized spacial score (nSPS) is 15.8. The van der Waals surface area contributed by atoms with E-state index in [-0.39, 0.29) is 5.91 Å². The van der Waals surface area contributed by atoms with Crippen LogP contribution in [0.4, 0.5) is 17.2 Å². The molecule has 2 aromatic carbocycles. The number of hydrogen-bond donors (Lipinski definition) is 2. The lowest BCUT2D eigenvalue weighted by atomic mass is 10.00. The number of para-hydroxylation sites is 1. The van der Waals surface area contributed by atoms with E-state index < -0.39 is 0 Å². The van der Waals surface area contributed by atoms with Gasteiger partial charge in [0.1, 0.15) is 5.82 Å². The third kappa shape index (κ3) is 3.58. The number of nitrogen functional groups attached to an aromatic ring is 1. The Bertz CT molecular complexity index is 1040. The topological polar surface area (TPSA) is 76.2 Å². The van der Waals surface area contributed by atoms with Gasteiger partial charge in [-0.25, -0.2) is 4.68 Å². The van der Waals surface area contributed by atoms with Crippen LogP contribution >= 0.6 is 0 Å². The van der Waals surface area contributed by atoms with Crippen LogP contribution in [0.1, 0.15) is 36.4 Å². The standard InChI is InChI=1S/C23H25N5O/c24-19-9-4-10-21-18(19)8-5-13-27(21)15-23(29)25-22-14-20(16-11-12-16)26-28(22)17-6-2-1-3-7-17/h1-4,6-7,9-10,14,16H,5,8,11-13,15,24H2,(H,25,29). The van der Waals surface area contributed by atoms with Gasteiger partial charge in [0, 0.05) is 29.9 Å². The van der Waals surface area contributed by atoms with Crippen LogP contribution in [0.15, 0.2) is 54.6 Å². The molecule has 0 atom stereocenters. The fourth-order valence-electron chi connectivity index (χ4n) is 4.08. The summed E-state index contributed by atoms with van der Waals surface area (Å²) in [5.41, 5.74) is 11.2. The first-order valence-corrected chi connectivity index (χ1v) is 10.3. The highest BCUT2D eigenvalue weighted by atomic mass is 16.2. The minimum atomic E-state index is -0.0419. The third-order valence-corrected chi connectivity index (χ3v) is 5.71. The SMILES string of the molecule is Nc1cccc2c1CCCN2CC(=O)Nc1cc(C2CC2)nn1-c1ccccc1. The number of hydrogen-bond acceptors (Lipinski definition) is 4. The first-order valence-electron chi connectivity index (χ1n) is 10.3. The van der Waals surface area contributed by atoms with Gasteiger partial charge in [-0.15, -0.1) is 0 Å². The van der Waals surface area contributed by atoms with Gasteiger partial charge in [0.15, 0.2) is 0 Å². The van der Waals surface area contributed by atoms with E-state index in [0.29, 0.717) is 12.5 Å². The third-order valence-electron chi connectivity index (χ3n) is 5.71. The van der Waals surface area contributed by atoms with Gasteiger partial charge in [-0.2, -0.15) is 5.10 Å². The van der Waals surface area contributed by atoms with E-state index in [2.05, 4.69) is 16.3 Å². The quantitative estimate of drug-likeness (QED) is 0.654. The monoisotopic (exact) mass is 387 g/mol. The molecule has 1 aliphatic heterocycles.